The SMILES string of the molecule is CCOC(=O)N1Cc2nc(N)nc(-c3c(O)cc(Cl)cc3Cl)c2C1. The van der Waals surface area contributed by atoms with Gasteiger partial charge in [-0.1, -0.05) is 23.2 Å². The molecule has 2 aromatic rings. The normalized spacial score (nSPS) is 13.0. The second kappa shape index (κ2) is 6.33. The summed E-state index contributed by atoms with van der Waals surface area (Å²) in [6, 6.07) is 2.87. The molecule has 2 heterocycles. The second-order valence-electron chi connectivity index (χ2n) is 5.19. The van der Waals surface area contributed by atoms with Gasteiger partial charge < -0.3 is 15.6 Å². The van der Waals surface area contributed by atoms with Gasteiger partial charge in [0.25, 0.3) is 0 Å². The summed E-state index contributed by atoms with van der Waals surface area (Å²) in [5.41, 5.74) is 7.71. The van der Waals surface area contributed by atoms with E-state index >= 15 is 0 Å². The predicted octanol–water partition coefficient (Wildman–Crippen LogP) is 3.21. The van der Waals surface area contributed by atoms with E-state index in [1.165, 1.54) is 17.0 Å². The molecule has 0 spiro atoms. The van der Waals surface area contributed by atoms with Gasteiger partial charge in [0.05, 0.1) is 41.7 Å². The Labute approximate surface area is 148 Å². The zero-order valence-electron chi connectivity index (χ0n) is 12.7. The number of nitrogens with two attached hydrogens (primary N) is 1. The number of phenols is 1. The van der Waals surface area contributed by atoms with Crippen molar-refractivity contribution in [1.29, 1.82) is 0 Å². The Kier molecular flexibility index (Phi) is 4.38. The third-order valence-electron chi connectivity index (χ3n) is 3.60. The summed E-state index contributed by atoms with van der Waals surface area (Å²) in [4.78, 5) is 21.8. The topological polar surface area (TPSA) is 102 Å². The molecule has 0 radical (unpaired) electrons. The number of nitrogen functional groups attached to an aromatic ring is 1. The number of fused-ring (bicyclic) bond motifs is 1. The van der Waals surface area contributed by atoms with Crippen LogP contribution in [-0.2, 0) is 17.8 Å². The van der Waals surface area contributed by atoms with E-state index in [-0.39, 0.29) is 36.4 Å². The molecule has 7 nitrogen and oxygen atoms in total. The molecule has 0 saturated carbocycles. The summed E-state index contributed by atoms with van der Waals surface area (Å²) in [5.74, 6) is -0.0951. The molecule has 0 aliphatic carbocycles. The molecule has 24 heavy (non-hydrogen) atoms. The fourth-order valence-electron chi connectivity index (χ4n) is 2.62. The molecule has 126 valence electrons. The highest BCUT2D eigenvalue weighted by molar-refractivity contribution is 6.36. The second-order valence-corrected chi connectivity index (χ2v) is 6.04. The molecular weight excluding hydrogens is 355 g/mol. The highest BCUT2D eigenvalue weighted by atomic mass is 35.5. The summed E-state index contributed by atoms with van der Waals surface area (Å²) < 4.78 is 5.01. The summed E-state index contributed by atoms with van der Waals surface area (Å²) in [7, 11) is 0. The van der Waals surface area contributed by atoms with Gasteiger partial charge in [-0.3, -0.25) is 4.90 Å². The molecule has 3 rings (SSSR count). The van der Waals surface area contributed by atoms with Crippen molar-refractivity contribution >= 4 is 35.2 Å². The third-order valence-corrected chi connectivity index (χ3v) is 4.11. The Morgan fingerprint density at radius 3 is 2.79 bits per heavy atom. The van der Waals surface area contributed by atoms with Crippen LogP contribution in [0.5, 0.6) is 5.75 Å². The summed E-state index contributed by atoms with van der Waals surface area (Å²) in [6.45, 7) is 2.49. The van der Waals surface area contributed by atoms with Gasteiger partial charge in [-0.15, -0.1) is 0 Å². The zero-order chi connectivity index (χ0) is 17.4. The van der Waals surface area contributed by atoms with Crippen LogP contribution >= 0.6 is 23.2 Å². The highest BCUT2D eigenvalue weighted by Gasteiger charge is 2.30. The van der Waals surface area contributed by atoms with Crippen LogP contribution in [0.25, 0.3) is 11.3 Å². The van der Waals surface area contributed by atoms with Crippen molar-refractivity contribution in [2.24, 2.45) is 0 Å². The monoisotopic (exact) mass is 368 g/mol. The lowest BCUT2D eigenvalue weighted by atomic mass is 10.0. The van der Waals surface area contributed by atoms with Crippen LogP contribution in [0.15, 0.2) is 12.1 Å². The van der Waals surface area contributed by atoms with Crippen molar-refractivity contribution in [1.82, 2.24) is 14.9 Å². The first-order valence-electron chi connectivity index (χ1n) is 7.16. The number of anilines is 1. The standard InChI is InChI=1S/C15H14Cl2N4O3/c1-2-24-15(23)21-5-8-10(6-21)19-14(18)20-13(8)12-9(17)3-7(16)4-11(12)22/h3-4,22H,2,5-6H2,1H3,(H2,18,19,20). The number of halogens is 2. The fraction of sp³-hybridized carbons (Fsp3) is 0.267. The quantitative estimate of drug-likeness (QED) is 0.843. The number of aromatic nitrogens is 2. The van der Waals surface area contributed by atoms with Gasteiger partial charge in [-0.05, 0) is 19.1 Å². The molecule has 9 heteroatoms. The van der Waals surface area contributed by atoms with Crippen molar-refractivity contribution in [2.75, 3.05) is 12.3 Å². The van der Waals surface area contributed by atoms with Crippen LogP contribution in [0.4, 0.5) is 10.7 Å². The van der Waals surface area contributed by atoms with Gasteiger partial charge in [-0.25, -0.2) is 14.8 Å². The molecule has 3 N–H and O–H groups in total. The number of phenolic OH excluding ortho intramolecular Hbond substituents is 1. The molecule has 1 aromatic carbocycles. The van der Waals surface area contributed by atoms with Crippen molar-refractivity contribution in [3.8, 4) is 17.0 Å². The number of benzene rings is 1. The summed E-state index contributed by atoms with van der Waals surface area (Å²) >= 11 is 12.1. The Bertz CT molecular complexity index is 806. The van der Waals surface area contributed by atoms with Crippen molar-refractivity contribution in [2.45, 2.75) is 20.0 Å². The number of rotatable bonds is 2. The lowest BCUT2D eigenvalue weighted by Gasteiger charge is -2.14. The number of hydrogen-bond donors (Lipinski definition) is 2. The van der Waals surface area contributed by atoms with Crippen LogP contribution < -0.4 is 5.73 Å². The van der Waals surface area contributed by atoms with Crippen LogP contribution in [0.3, 0.4) is 0 Å². The third kappa shape index (κ3) is 2.92. The van der Waals surface area contributed by atoms with Crippen LogP contribution in [0.2, 0.25) is 10.0 Å². The Hall–Kier alpha value is -2.25. The molecule has 1 aliphatic rings. The van der Waals surface area contributed by atoms with E-state index in [2.05, 4.69) is 9.97 Å². The Balaban J connectivity index is 2.09. The minimum absolute atomic E-state index is 0.0277. The van der Waals surface area contributed by atoms with Gasteiger partial charge >= 0.3 is 6.09 Å². The first kappa shape index (κ1) is 16.6. The number of carbonyl (C=O) groups is 1. The number of aromatic hydroxyl groups is 1. The van der Waals surface area contributed by atoms with E-state index < -0.39 is 6.09 Å². The summed E-state index contributed by atoms with van der Waals surface area (Å²) in [5, 5.41) is 10.8. The summed E-state index contributed by atoms with van der Waals surface area (Å²) in [6.07, 6.45) is -0.452. The van der Waals surface area contributed by atoms with Gasteiger partial charge in [0, 0.05) is 10.6 Å². The average molecular weight is 369 g/mol. The number of ether oxygens (including phenoxy) is 1. The Morgan fingerprint density at radius 2 is 2.12 bits per heavy atom. The number of hydrogen-bond acceptors (Lipinski definition) is 6. The maximum absolute atomic E-state index is 12.0. The lowest BCUT2D eigenvalue weighted by Crippen LogP contribution is -2.26. The molecule has 1 aliphatic heterocycles. The molecular formula is C15H14Cl2N4O3. The van der Waals surface area contributed by atoms with E-state index in [9.17, 15) is 9.90 Å². The van der Waals surface area contributed by atoms with E-state index in [0.717, 1.165) is 0 Å². The predicted molar refractivity (Wildman–Crippen MR) is 89.8 cm³/mol. The van der Waals surface area contributed by atoms with E-state index in [1.807, 2.05) is 0 Å². The minimum atomic E-state index is -0.452. The number of nitrogens with zero attached hydrogens (tertiary/aromatic N) is 3. The smallest absolute Gasteiger partial charge is 0.410 e. The van der Waals surface area contributed by atoms with Gasteiger partial charge in [0.15, 0.2) is 0 Å². The Morgan fingerprint density at radius 1 is 1.38 bits per heavy atom. The van der Waals surface area contributed by atoms with E-state index in [4.69, 9.17) is 33.7 Å². The van der Waals surface area contributed by atoms with Crippen LogP contribution in [-0.4, -0.2) is 32.7 Å². The van der Waals surface area contributed by atoms with Crippen LogP contribution in [0, 0.1) is 0 Å². The highest BCUT2D eigenvalue weighted by Crippen LogP contribution is 2.41. The molecule has 0 bridgehead atoms. The van der Waals surface area contributed by atoms with Crippen LogP contribution in [0.1, 0.15) is 18.2 Å². The van der Waals surface area contributed by atoms with E-state index in [1.54, 1.807) is 6.92 Å². The lowest BCUT2D eigenvalue weighted by molar-refractivity contribution is 0.106. The van der Waals surface area contributed by atoms with Crippen molar-refractivity contribution < 1.29 is 14.6 Å². The molecule has 1 aromatic heterocycles. The minimum Gasteiger partial charge on any atom is -0.507 e. The molecule has 0 fully saturated rings. The largest absolute Gasteiger partial charge is 0.507 e. The average Bonchev–Trinajstić information content (AvgIpc) is 2.90. The first-order chi connectivity index (χ1) is 11.4. The van der Waals surface area contributed by atoms with Crippen molar-refractivity contribution in [3.63, 3.8) is 0 Å². The van der Waals surface area contributed by atoms with Gasteiger partial charge in [0.1, 0.15) is 5.75 Å². The van der Waals surface area contributed by atoms with Gasteiger partial charge in [-0.2, -0.15) is 0 Å². The number of carbonyl (C=O) groups excluding carboxylic acids is 1. The first-order valence-corrected chi connectivity index (χ1v) is 7.91. The maximum Gasteiger partial charge on any atom is 0.410 e. The van der Waals surface area contributed by atoms with Crippen molar-refractivity contribution in [3.05, 3.63) is 33.4 Å². The number of amides is 1. The molecule has 0 saturated heterocycles. The molecule has 1 amide bonds. The molecule has 0 atom stereocenters. The zero-order valence-corrected chi connectivity index (χ0v) is 14.2. The van der Waals surface area contributed by atoms with Gasteiger partial charge in [0.2, 0.25) is 5.95 Å². The maximum atomic E-state index is 12.0. The molecule has 0 unspecified atom stereocenters. The van der Waals surface area contributed by atoms with E-state index in [0.29, 0.717) is 27.5 Å². The fourth-order valence-corrected chi connectivity index (χ4v) is 3.19.